The first-order valence-corrected chi connectivity index (χ1v) is 8.26. The van der Waals surface area contributed by atoms with Gasteiger partial charge in [-0.05, 0) is 30.2 Å². The van der Waals surface area contributed by atoms with Crippen LogP contribution in [0.15, 0.2) is 18.2 Å². The summed E-state index contributed by atoms with van der Waals surface area (Å²) in [5.41, 5.74) is 2.52. The summed E-state index contributed by atoms with van der Waals surface area (Å²) in [6.07, 6.45) is -0.245. The summed E-state index contributed by atoms with van der Waals surface area (Å²) in [6.45, 7) is 3.23. The number of nitrogens with one attached hydrogen (secondary N) is 1. The van der Waals surface area contributed by atoms with Gasteiger partial charge in [-0.25, -0.2) is 9.59 Å². The zero-order valence-corrected chi connectivity index (χ0v) is 14.3. The quantitative estimate of drug-likeness (QED) is 0.875. The van der Waals surface area contributed by atoms with Crippen LogP contribution in [0.2, 0.25) is 0 Å². The van der Waals surface area contributed by atoms with E-state index < -0.39 is 18.3 Å². The van der Waals surface area contributed by atoms with Gasteiger partial charge in [-0.2, -0.15) is 0 Å². The second-order valence-electron chi connectivity index (χ2n) is 6.02. The van der Waals surface area contributed by atoms with Crippen molar-refractivity contribution in [3.63, 3.8) is 0 Å². The molecule has 8 heteroatoms. The van der Waals surface area contributed by atoms with Crippen molar-refractivity contribution in [3.05, 3.63) is 23.8 Å². The van der Waals surface area contributed by atoms with Crippen LogP contribution in [0.5, 0.6) is 0 Å². The van der Waals surface area contributed by atoms with Gasteiger partial charge < -0.3 is 19.7 Å². The zero-order chi connectivity index (χ0) is 18.0. The van der Waals surface area contributed by atoms with Gasteiger partial charge in [-0.1, -0.05) is 6.92 Å². The topological polar surface area (TPSA) is 88.2 Å². The predicted molar refractivity (Wildman–Crippen MR) is 90.8 cm³/mol. The highest BCUT2D eigenvalue weighted by Crippen LogP contribution is 2.33. The lowest BCUT2D eigenvalue weighted by molar-refractivity contribution is -0.117. The van der Waals surface area contributed by atoms with Gasteiger partial charge >= 0.3 is 12.2 Å². The lowest BCUT2D eigenvalue weighted by Crippen LogP contribution is -2.34. The van der Waals surface area contributed by atoms with Crippen molar-refractivity contribution in [2.45, 2.75) is 25.9 Å². The highest BCUT2D eigenvalue weighted by atomic mass is 16.6. The first kappa shape index (κ1) is 17.1. The van der Waals surface area contributed by atoms with Crippen LogP contribution in [-0.2, 0) is 20.7 Å². The lowest BCUT2D eigenvalue weighted by Gasteiger charge is -2.18. The number of ether oxygens (including phenoxy) is 2. The molecule has 1 atom stereocenters. The Labute approximate surface area is 145 Å². The smallest absolute Gasteiger partial charge is 0.414 e. The third-order valence-electron chi connectivity index (χ3n) is 4.29. The number of nitrogens with zero attached hydrogens (tertiary/aromatic N) is 2. The minimum Gasteiger partial charge on any atom is -0.453 e. The van der Waals surface area contributed by atoms with E-state index in [-0.39, 0.29) is 12.5 Å². The van der Waals surface area contributed by atoms with Crippen molar-refractivity contribution in [1.82, 2.24) is 5.32 Å². The Balaban J connectivity index is 1.71. The molecule has 1 N–H and O–H groups in total. The first-order chi connectivity index (χ1) is 12.0. The van der Waals surface area contributed by atoms with Crippen molar-refractivity contribution in [2.75, 3.05) is 36.5 Å². The number of rotatable bonds is 5. The van der Waals surface area contributed by atoms with Gasteiger partial charge in [0.05, 0.1) is 26.6 Å². The third kappa shape index (κ3) is 3.38. The summed E-state index contributed by atoms with van der Waals surface area (Å²) in [4.78, 5) is 38.6. The molecule has 1 fully saturated rings. The molecule has 0 spiro atoms. The summed E-state index contributed by atoms with van der Waals surface area (Å²) >= 11 is 0. The molecule has 1 aromatic rings. The highest BCUT2D eigenvalue weighted by Gasteiger charge is 2.34. The van der Waals surface area contributed by atoms with Gasteiger partial charge in [0.15, 0.2) is 0 Å². The summed E-state index contributed by atoms with van der Waals surface area (Å²) < 4.78 is 9.76. The maximum Gasteiger partial charge on any atom is 0.414 e. The molecule has 1 aromatic carbocycles. The van der Waals surface area contributed by atoms with Crippen molar-refractivity contribution < 1.29 is 23.9 Å². The minimum atomic E-state index is -0.568. The first-order valence-electron chi connectivity index (χ1n) is 8.26. The van der Waals surface area contributed by atoms with Gasteiger partial charge in [0.1, 0.15) is 6.10 Å². The van der Waals surface area contributed by atoms with Gasteiger partial charge in [-0.15, -0.1) is 0 Å². The van der Waals surface area contributed by atoms with E-state index in [1.807, 2.05) is 25.1 Å². The van der Waals surface area contributed by atoms with Crippen molar-refractivity contribution in [3.8, 4) is 0 Å². The van der Waals surface area contributed by atoms with E-state index in [4.69, 9.17) is 4.74 Å². The van der Waals surface area contributed by atoms with Crippen LogP contribution in [0.3, 0.4) is 0 Å². The fourth-order valence-electron chi connectivity index (χ4n) is 3.11. The number of anilines is 2. The summed E-state index contributed by atoms with van der Waals surface area (Å²) in [5, 5.41) is 2.52. The number of carbonyl (C=O) groups excluding carboxylic acids is 3. The molecule has 3 rings (SSSR count). The molecule has 0 bridgehead atoms. The normalized spacial score (nSPS) is 19.0. The number of cyclic esters (lactones) is 1. The summed E-state index contributed by atoms with van der Waals surface area (Å²) in [7, 11) is 1.27. The Morgan fingerprint density at radius 1 is 1.40 bits per heavy atom. The van der Waals surface area contributed by atoms with Crippen LogP contribution in [0, 0.1) is 0 Å². The molecule has 0 aromatic heterocycles. The number of methoxy groups -OCH3 is 1. The molecule has 2 aliphatic rings. The SMILES string of the molecule is CCCN1C(=O)Cc2cc(N3C[C@H](CNC(=O)OC)OC3=O)ccc21. The van der Waals surface area contributed by atoms with Crippen molar-refractivity contribution in [1.29, 1.82) is 0 Å². The van der Waals surface area contributed by atoms with Crippen LogP contribution in [0.25, 0.3) is 0 Å². The highest BCUT2D eigenvalue weighted by molar-refractivity contribution is 6.02. The molecule has 2 heterocycles. The molecular formula is C17H21N3O5. The van der Waals surface area contributed by atoms with E-state index in [0.717, 1.165) is 17.7 Å². The van der Waals surface area contributed by atoms with Crippen LogP contribution in [-0.4, -0.2) is 50.9 Å². The van der Waals surface area contributed by atoms with E-state index in [0.29, 0.717) is 25.2 Å². The minimum absolute atomic E-state index is 0.0816. The number of carbonyl (C=O) groups is 3. The van der Waals surface area contributed by atoms with Gasteiger partial charge in [0, 0.05) is 17.9 Å². The Kier molecular flexibility index (Phi) is 4.78. The number of fused-ring (bicyclic) bond motifs is 1. The molecule has 0 radical (unpaired) electrons. The monoisotopic (exact) mass is 347 g/mol. The maximum absolute atomic E-state index is 12.1. The van der Waals surface area contributed by atoms with E-state index in [9.17, 15) is 14.4 Å². The largest absolute Gasteiger partial charge is 0.453 e. The molecule has 0 unspecified atom stereocenters. The molecule has 0 saturated carbocycles. The molecule has 2 aliphatic heterocycles. The van der Waals surface area contributed by atoms with Gasteiger partial charge in [0.2, 0.25) is 5.91 Å². The van der Waals surface area contributed by atoms with Gasteiger partial charge in [0.25, 0.3) is 0 Å². The number of amides is 3. The molecule has 134 valence electrons. The average molecular weight is 347 g/mol. The van der Waals surface area contributed by atoms with Crippen LogP contribution >= 0.6 is 0 Å². The third-order valence-corrected chi connectivity index (χ3v) is 4.29. The zero-order valence-electron chi connectivity index (χ0n) is 14.3. The maximum atomic E-state index is 12.1. The molecule has 8 nitrogen and oxygen atoms in total. The standard InChI is InChI=1S/C17H21N3O5/c1-3-6-19-14-5-4-12(7-11(14)8-15(19)21)20-10-13(25-17(20)23)9-18-16(22)24-2/h4-5,7,13H,3,6,8-10H2,1-2H3,(H,18,22)/t13-/m0/s1. The number of benzene rings is 1. The molecule has 0 aliphatic carbocycles. The molecule has 25 heavy (non-hydrogen) atoms. The van der Waals surface area contributed by atoms with Crippen LogP contribution in [0.4, 0.5) is 21.0 Å². The molecule has 1 saturated heterocycles. The predicted octanol–water partition coefficient (Wildman–Crippen LogP) is 1.67. The Morgan fingerprint density at radius 2 is 2.20 bits per heavy atom. The second kappa shape index (κ2) is 7.00. The van der Waals surface area contributed by atoms with Crippen molar-refractivity contribution in [2.24, 2.45) is 0 Å². The van der Waals surface area contributed by atoms with E-state index in [1.54, 1.807) is 4.90 Å². The number of alkyl carbamates (subject to hydrolysis) is 1. The summed E-state index contributed by atoms with van der Waals surface area (Å²) in [6, 6.07) is 5.55. The lowest BCUT2D eigenvalue weighted by atomic mass is 10.1. The fraction of sp³-hybridized carbons (Fsp3) is 0.471. The van der Waals surface area contributed by atoms with Gasteiger partial charge in [-0.3, -0.25) is 9.69 Å². The number of hydrogen-bond acceptors (Lipinski definition) is 5. The Hall–Kier alpha value is -2.77. The molecular weight excluding hydrogens is 326 g/mol. The van der Waals surface area contributed by atoms with Crippen LogP contribution < -0.4 is 15.1 Å². The Bertz CT molecular complexity index is 706. The van der Waals surface area contributed by atoms with Crippen LogP contribution in [0.1, 0.15) is 18.9 Å². The number of hydrogen-bond donors (Lipinski definition) is 1. The van der Waals surface area contributed by atoms with E-state index in [2.05, 4.69) is 10.1 Å². The van der Waals surface area contributed by atoms with E-state index >= 15 is 0 Å². The van der Waals surface area contributed by atoms with E-state index in [1.165, 1.54) is 12.0 Å². The Morgan fingerprint density at radius 3 is 2.92 bits per heavy atom. The summed E-state index contributed by atoms with van der Waals surface area (Å²) in [5.74, 6) is 0.0816. The second-order valence-corrected chi connectivity index (χ2v) is 6.02. The average Bonchev–Trinajstić information content (AvgIpc) is 3.12. The van der Waals surface area contributed by atoms with Crippen molar-refractivity contribution >= 4 is 29.5 Å². The fourth-order valence-corrected chi connectivity index (χ4v) is 3.11. The molecule has 3 amide bonds.